The van der Waals surface area contributed by atoms with Crippen LogP contribution in [0.5, 0.6) is 0 Å². The van der Waals surface area contributed by atoms with Gasteiger partial charge in [-0.3, -0.25) is 0 Å². The molecule has 1 N–H and O–H groups in total. The summed E-state index contributed by atoms with van der Waals surface area (Å²) in [6.07, 6.45) is 3.79. The van der Waals surface area contributed by atoms with Crippen molar-refractivity contribution in [2.75, 3.05) is 19.7 Å². The van der Waals surface area contributed by atoms with Crippen LogP contribution in [0.4, 0.5) is 0 Å². The SMILES string of the molecule is CCCCC1(OCC)CNC1. The summed E-state index contributed by atoms with van der Waals surface area (Å²) in [4.78, 5) is 0. The molecule has 1 aliphatic heterocycles. The molecule has 0 saturated carbocycles. The second-order valence-corrected chi connectivity index (χ2v) is 3.32. The minimum Gasteiger partial charge on any atom is -0.373 e. The van der Waals surface area contributed by atoms with E-state index in [1.807, 2.05) is 0 Å². The number of hydrogen-bond donors (Lipinski definition) is 1. The van der Waals surface area contributed by atoms with Gasteiger partial charge in [0.2, 0.25) is 0 Å². The normalized spacial score (nSPS) is 21.3. The van der Waals surface area contributed by atoms with Crippen LogP contribution in [0.1, 0.15) is 33.1 Å². The molecule has 0 bridgehead atoms. The molecule has 66 valence electrons. The topological polar surface area (TPSA) is 21.3 Å². The van der Waals surface area contributed by atoms with E-state index in [4.69, 9.17) is 4.74 Å². The fraction of sp³-hybridized carbons (Fsp3) is 1.00. The van der Waals surface area contributed by atoms with Crippen LogP contribution in [-0.2, 0) is 4.74 Å². The molecule has 1 fully saturated rings. The maximum atomic E-state index is 5.70. The first-order chi connectivity index (χ1) is 5.33. The number of ether oxygens (including phenoxy) is 1. The minimum atomic E-state index is 0.213. The Morgan fingerprint density at radius 2 is 2.09 bits per heavy atom. The molecule has 0 aromatic carbocycles. The van der Waals surface area contributed by atoms with Crippen LogP contribution in [0, 0.1) is 0 Å². The zero-order valence-corrected chi connectivity index (χ0v) is 7.65. The third-order valence-electron chi connectivity index (χ3n) is 2.33. The van der Waals surface area contributed by atoms with Crippen molar-refractivity contribution in [2.24, 2.45) is 0 Å². The van der Waals surface area contributed by atoms with Crippen LogP contribution in [0.3, 0.4) is 0 Å². The van der Waals surface area contributed by atoms with Crippen molar-refractivity contribution >= 4 is 0 Å². The summed E-state index contributed by atoms with van der Waals surface area (Å²) < 4.78 is 5.70. The Hall–Kier alpha value is -0.0800. The van der Waals surface area contributed by atoms with Crippen molar-refractivity contribution < 1.29 is 4.74 Å². The molecule has 1 rings (SSSR count). The van der Waals surface area contributed by atoms with Gasteiger partial charge in [-0.1, -0.05) is 19.8 Å². The molecule has 0 radical (unpaired) electrons. The smallest absolute Gasteiger partial charge is 0.0929 e. The lowest BCUT2D eigenvalue weighted by Crippen LogP contribution is -2.61. The van der Waals surface area contributed by atoms with Gasteiger partial charge >= 0.3 is 0 Å². The van der Waals surface area contributed by atoms with Crippen LogP contribution in [-0.4, -0.2) is 25.3 Å². The Morgan fingerprint density at radius 3 is 2.45 bits per heavy atom. The highest BCUT2D eigenvalue weighted by atomic mass is 16.5. The van der Waals surface area contributed by atoms with E-state index in [1.165, 1.54) is 19.3 Å². The molecule has 1 aliphatic rings. The van der Waals surface area contributed by atoms with Gasteiger partial charge in [0.15, 0.2) is 0 Å². The lowest BCUT2D eigenvalue weighted by Gasteiger charge is -2.42. The summed E-state index contributed by atoms with van der Waals surface area (Å²) in [5.74, 6) is 0. The van der Waals surface area contributed by atoms with E-state index < -0.39 is 0 Å². The molecule has 0 amide bonds. The van der Waals surface area contributed by atoms with E-state index in [0.29, 0.717) is 0 Å². The fourth-order valence-electron chi connectivity index (χ4n) is 1.56. The molecule has 0 atom stereocenters. The first kappa shape index (κ1) is 9.01. The summed E-state index contributed by atoms with van der Waals surface area (Å²) in [6.45, 7) is 7.27. The summed E-state index contributed by atoms with van der Waals surface area (Å²) in [5.41, 5.74) is 0.213. The van der Waals surface area contributed by atoms with E-state index >= 15 is 0 Å². The zero-order valence-electron chi connectivity index (χ0n) is 7.65. The number of rotatable bonds is 5. The van der Waals surface area contributed by atoms with Crippen molar-refractivity contribution in [3.8, 4) is 0 Å². The largest absolute Gasteiger partial charge is 0.373 e. The first-order valence-corrected chi connectivity index (χ1v) is 4.67. The summed E-state index contributed by atoms with van der Waals surface area (Å²) in [6, 6.07) is 0. The fourth-order valence-corrected chi connectivity index (χ4v) is 1.56. The molecule has 1 saturated heterocycles. The number of unbranched alkanes of at least 4 members (excludes halogenated alkanes) is 1. The second kappa shape index (κ2) is 4.07. The molecule has 1 heterocycles. The average Bonchev–Trinajstić information content (AvgIpc) is 1.95. The van der Waals surface area contributed by atoms with E-state index in [-0.39, 0.29) is 5.60 Å². The van der Waals surface area contributed by atoms with Crippen LogP contribution in [0.25, 0.3) is 0 Å². The van der Waals surface area contributed by atoms with Crippen LogP contribution >= 0.6 is 0 Å². The van der Waals surface area contributed by atoms with Crippen molar-refractivity contribution in [1.29, 1.82) is 0 Å². The molecular formula is C9H19NO. The van der Waals surface area contributed by atoms with Crippen LogP contribution in [0.15, 0.2) is 0 Å². The molecular weight excluding hydrogens is 138 g/mol. The molecule has 0 unspecified atom stereocenters. The van der Waals surface area contributed by atoms with Crippen molar-refractivity contribution in [3.05, 3.63) is 0 Å². The molecule has 0 aliphatic carbocycles. The predicted octanol–water partition coefficient (Wildman–Crippen LogP) is 1.56. The lowest BCUT2D eigenvalue weighted by molar-refractivity contribution is -0.0819. The number of hydrogen-bond acceptors (Lipinski definition) is 2. The first-order valence-electron chi connectivity index (χ1n) is 4.67. The van der Waals surface area contributed by atoms with E-state index in [0.717, 1.165) is 19.7 Å². The highest BCUT2D eigenvalue weighted by molar-refractivity contribution is 4.94. The molecule has 0 spiro atoms. The van der Waals surface area contributed by atoms with E-state index in [9.17, 15) is 0 Å². The Kier molecular flexibility index (Phi) is 3.34. The monoisotopic (exact) mass is 157 g/mol. The zero-order chi connectivity index (χ0) is 8.16. The van der Waals surface area contributed by atoms with Gasteiger partial charge in [-0.05, 0) is 13.3 Å². The minimum absolute atomic E-state index is 0.213. The Morgan fingerprint density at radius 1 is 1.36 bits per heavy atom. The summed E-state index contributed by atoms with van der Waals surface area (Å²) >= 11 is 0. The molecule has 0 aromatic heterocycles. The molecule has 2 nitrogen and oxygen atoms in total. The van der Waals surface area contributed by atoms with Gasteiger partial charge in [0.1, 0.15) is 0 Å². The molecule has 2 heteroatoms. The van der Waals surface area contributed by atoms with Gasteiger partial charge in [-0.2, -0.15) is 0 Å². The van der Waals surface area contributed by atoms with Gasteiger partial charge in [0.05, 0.1) is 5.60 Å². The number of nitrogens with one attached hydrogen (secondary N) is 1. The molecule has 11 heavy (non-hydrogen) atoms. The molecule has 0 aromatic rings. The highest BCUT2D eigenvalue weighted by Gasteiger charge is 2.36. The van der Waals surface area contributed by atoms with Crippen molar-refractivity contribution in [2.45, 2.75) is 38.7 Å². The van der Waals surface area contributed by atoms with Gasteiger partial charge in [-0.15, -0.1) is 0 Å². The maximum Gasteiger partial charge on any atom is 0.0929 e. The van der Waals surface area contributed by atoms with Crippen LogP contribution < -0.4 is 5.32 Å². The van der Waals surface area contributed by atoms with Crippen molar-refractivity contribution in [1.82, 2.24) is 5.32 Å². The van der Waals surface area contributed by atoms with Crippen molar-refractivity contribution in [3.63, 3.8) is 0 Å². The van der Waals surface area contributed by atoms with Gasteiger partial charge in [-0.25, -0.2) is 0 Å². The van der Waals surface area contributed by atoms with E-state index in [1.54, 1.807) is 0 Å². The second-order valence-electron chi connectivity index (χ2n) is 3.32. The quantitative estimate of drug-likeness (QED) is 0.654. The predicted molar refractivity (Wildman–Crippen MR) is 46.8 cm³/mol. The van der Waals surface area contributed by atoms with E-state index in [2.05, 4.69) is 19.2 Å². The standard InChI is InChI=1S/C9H19NO/c1-3-5-6-9(11-4-2)7-10-8-9/h10H,3-8H2,1-2H3. The van der Waals surface area contributed by atoms with Gasteiger partial charge < -0.3 is 10.1 Å². The summed E-state index contributed by atoms with van der Waals surface area (Å²) in [5, 5.41) is 3.27. The average molecular weight is 157 g/mol. The lowest BCUT2D eigenvalue weighted by atomic mass is 9.90. The Bertz CT molecular complexity index is 110. The summed E-state index contributed by atoms with van der Waals surface area (Å²) in [7, 11) is 0. The third kappa shape index (κ3) is 2.17. The van der Waals surface area contributed by atoms with Crippen LogP contribution in [0.2, 0.25) is 0 Å². The van der Waals surface area contributed by atoms with Gasteiger partial charge in [0.25, 0.3) is 0 Å². The maximum absolute atomic E-state index is 5.70. The Balaban J connectivity index is 2.22. The highest BCUT2D eigenvalue weighted by Crippen LogP contribution is 2.23. The third-order valence-corrected chi connectivity index (χ3v) is 2.33. The van der Waals surface area contributed by atoms with Gasteiger partial charge in [0, 0.05) is 19.7 Å². The Labute approximate surface area is 69.3 Å².